The lowest BCUT2D eigenvalue weighted by Crippen LogP contribution is -2.29. The van der Waals surface area contributed by atoms with Gasteiger partial charge in [-0.05, 0) is 56.0 Å². The summed E-state index contributed by atoms with van der Waals surface area (Å²) in [5.74, 6) is 1.58. The molecule has 0 aliphatic carbocycles. The van der Waals surface area contributed by atoms with Crippen molar-refractivity contribution in [3.8, 4) is 0 Å². The molecule has 0 rings (SSSR count). The molecular weight excluding hydrogens is 208 g/mol. The van der Waals surface area contributed by atoms with Crippen LogP contribution in [0.25, 0.3) is 0 Å². The van der Waals surface area contributed by atoms with Crippen LogP contribution in [0.4, 0.5) is 0 Å². The van der Waals surface area contributed by atoms with E-state index >= 15 is 0 Å². The fourth-order valence-corrected chi connectivity index (χ4v) is 2.07. The van der Waals surface area contributed by atoms with Gasteiger partial charge in [-0.2, -0.15) is 0 Å². The summed E-state index contributed by atoms with van der Waals surface area (Å²) in [5, 5.41) is 3.58. The van der Waals surface area contributed by atoms with E-state index in [2.05, 4.69) is 39.9 Å². The molecule has 3 N–H and O–H groups in total. The monoisotopic (exact) mass is 242 g/mol. The van der Waals surface area contributed by atoms with Crippen LogP contribution >= 0.6 is 0 Å². The average molecular weight is 242 g/mol. The Bertz CT molecular complexity index is 176. The molecule has 2 nitrogen and oxygen atoms in total. The first kappa shape index (κ1) is 16.9. The summed E-state index contributed by atoms with van der Waals surface area (Å²) in [6.07, 6.45) is 5.01. The molecule has 0 aromatic heterocycles. The van der Waals surface area contributed by atoms with Gasteiger partial charge in [0.15, 0.2) is 0 Å². The summed E-state index contributed by atoms with van der Waals surface area (Å²) in [4.78, 5) is 0. The second-order valence-electron chi connectivity index (χ2n) is 6.42. The Hall–Kier alpha value is -0.0800. The number of rotatable bonds is 10. The van der Waals surface area contributed by atoms with E-state index in [0.29, 0.717) is 5.41 Å². The van der Waals surface area contributed by atoms with E-state index in [4.69, 9.17) is 5.73 Å². The van der Waals surface area contributed by atoms with Gasteiger partial charge in [0.2, 0.25) is 0 Å². The molecule has 0 aliphatic rings. The number of hydrogen-bond acceptors (Lipinski definition) is 2. The van der Waals surface area contributed by atoms with Gasteiger partial charge in [-0.25, -0.2) is 0 Å². The predicted octanol–water partition coefficient (Wildman–Crippen LogP) is 3.41. The Balaban J connectivity index is 3.62. The Kier molecular flexibility index (Phi) is 8.89. The minimum Gasteiger partial charge on any atom is -0.330 e. The molecule has 0 aliphatic heterocycles. The maximum Gasteiger partial charge on any atom is 0.000241 e. The molecule has 0 aromatic rings. The smallest absolute Gasteiger partial charge is 0.000241 e. The van der Waals surface area contributed by atoms with Gasteiger partial charge < -0.3 is 11.1 Å². The third kappa shape index (κ3) is 8.62. The Morgan fingerprint density at radius 2 is 1.82 bits per heavy atom. The van der Waals surface area contributed by atoms with Gasteiger partial charge in [-0.3, -0.25) is 0 Å². The molecule has 0 radical (unpaired) electrons. The highest BCUT2D eigenvalue weighted by molar-refractivity contribution is 4.70. The van der Waals surface area contributed by atoms with E-state index in [1.165, 1.54) is 25.7 Å². The SMILES string of the molecule is CCC(C)(C)CNCCCC(CCN)C(C)C. The highest BCUT2D eigenvalue weighted by Crippen LogP contribution is 2.20. The van der Waals surface area contributed by atoms with Crippen LogP contribution in [0.5, 0.6) is 0 Å². The maximum atomic E-state index is 5.66. The number of hydrogen-bond donors (Lipinski definition) is 2. The summed E-state index contributed by atoms with van der Waals surface area (Å²) < 4.78 is 0. The Labute approximate surface area is 109 Å². The van der Waals surface area contributed by atoms with Crippen LogP contribution in [0.15, 0.2) is 0 Å². The largest absolute Gasteiger partial charge is 0.330 e. The lowest BCUT2D eigenvalue weighted by atomic mass is 9.88. The molecule has 0 saturated heterocycles. The zero-order chi connectivity index (χ0) is 13.3. The summed E-state index contributed by atoms with van der Waals surface area (Å²) >= 11 is 0. The fraction of sp³-hybridized carbons (Fsp3) is 1.00. The van der Waals surface area contributed by atoms with Crippen molar-refractivity contribution < 1.29 is 0 Å². The van der Waals surface area contributed by atoms with Crippen LogP contribution in [0.3, 0.4) is 0 Å². The van der Waals surface area contributed by atoms with E-state index in [1.54, 1.807) is 0 Å². The van der Waals surface area contributed by atoms with Crippen molar-refractivity contribution in [2.75, 3.05) is 19.6 Å². The highest BCUT2D eigenvalue weighted by Gasteiger charge is 2.14. The normalized spacial score (nSPS) is 14.3. The first-order chi connectivity index (χ1) is 7.93. The van der Waals surface area contributed by atoms with Crippen LogP contribution < -0.4 is 11.1 Å². The second kappa shape index (κ2) is 8.93. The fourth-order valence-electron chi connectivity index (χ4n) is 2.07. The summed E-state index contributed by atoms with van der Waals surface area (Å²) in [5.41, 5.74) is 6.10. The maximum absolute atomic E-state index is 5.66. The van der Waals surface area contributed by atoms with Gasteiger partial charge in [0, 0.05) is 6.54 Å². The molecule has 0 heterocycles. The predicted molar refractivity (Wildman–Crippen MR) is 78.2 cm³/mol. The minimum atomic E-state index is 0.439. The van der Waals surface area contributed by atoms with Crippen molar-refractivity contribution in [3.05, 3.63) is 0 Å². The van der Waals surface area contributed by atoms with Gasteiger partial charge in [0.1, 0.15) is 0 Å². The van der Waals surface area contributed by atoms with E-state index in [9.17, 15) is 0 Å². The molecule has 1 atom stereocenters. The molecule has 0 spiro atoms. The first-order valence-electron chi connectivity index (χ1n) is 7.33. The van der Waals surface area contributed by atoms with E-state index in [-0.39, 0.29) is 0 Å². The molecule has 17 heavy (non-hydrogen) atoms. The van der Waals surface area contributed by atoms with Gasteiger partial charge in [0.05, 0.1) is 0 Å². The van der Waals surface area contributed by atoms with E-state index in [0.717, 1.165) is 31.5 Å². The minimum absolute atomic E-state index is 0.439. The number of nitrogens with two attached hydrogens (primary N) is 1. The third-order valence-electron chi connectivity index (χ3n) is 3.97. The van der Waals surface area contributed by atoms with Crippen molar-refractivity contribution in [2.24, 2.45) is 23.0 Å². The summed E-state index contributed by atoms with van der Waals surface area (Å²) in [7, 11) is 0. The molecule has 1 unspecified atom stereocenters. The van der Waals surface area contributed by atoms with E-state index < -0.39 is 0 Å². The molecule has 2 heteroatoms. The third-order valence-corrected chi connectivity index (χ3v) is 3.97. The summed E-state index contributed by atoms with van der Waals surface area (Å²) in [6, 6.07) is 0. The van der Waals surface area contributed by atoms with Crippen LogP contribution in [0.2, 0.25) is 0 Å². The van der Waals surface area contributed by atoms with Crippen LogP contribution in [0, 0.1) is 17.3 Å². The van der Waals surface area contributed by atoms with Crippen LogP contribution in [-0.2, 0) is 0 Å². The first-order valence-corrected chi connectivity index (χ1v) is 7.33. The van der Waals surface area contributed by atoms with Gasteiger partial charge in [-0.1, -0.05) is 34.6 Å². The Morgan fingerprint density at radius 3 is 2.29 bits per heavy atom. The van der Waals surface area contributed by atoms with Crippen molar-refractivity contribution in [1.29, 1.82) is 0 Å². The molecule has 104 valence electrons. The van der Waals surface area contributed by atoms with Crippen molar-refractivity contribution >= 4 is 0 Å². The summed E-state index contributed by atoms with van der Waals surface area (Å²) in [6.45, 7) is 14.7. The molecule has 0 fully saturated rings. The van der Waals surface area contributed by atoms with Crippen molar-refractivity contribution in [1.82, 2.24) is 5.32 Å². The zero-order valence-electron chi connectivity index (χ0n) is 12.7. The van der Waals surface area contributed by atoms with Gasteiger partial charge in [0.25, 0.3) is 0 Å². The lowest BCUT2D eigenvalue weighted by molar-refractivity contribution is 0.308. The van der Waals surface area contributed by atoms with E-state index in [1.807, 2.05) is 0 Å². The molecule has 0 amide bonds. The number of nitrogens with one attached hydrogen (secondary N) is 1. The molecule has 0 saturated carbocycles. The highest BCUT2D eigenvalue weighted by atomic mass is 14.9. The average Bonchev–Trinajstić information content (AvgIpc) is 2.27. The second-order valence-corrected chi connectivity index (χ2v) is 6.42. The van der Waals surface area contributed by atoms with Crippen molar-refractivity contribution in [2.45, 2.75) is 60.3 Å². The lowest BCUT2D eigenvalue weighted by Gasteiger charge is -2.24. The van der Waals surface area contributed by atoms with Crippen LogP contribution in [-0.4, -0.2) is 19.6 Å². The van der Waals surface area contributed by atoms with Gasteiger partial charge >= 0.3 is 0 Å². The quantitative estimate of drug-likeness (QED) is 0.576. The topological polar surface area (TPSA) is 38.0 Å². The van der Waals surface area contributed by atoms with Crippen LogP contribution in [0.1, 0.15) is 60.3 Å². The molecule has 0 bridgehead atoms. The Morgan fingerprint density at radius 1 is 1.18 bits per heavy atom. The standard InChI is InChI=1S/C15H34N2/c1-6-15(4,5)12-17-11-7-8-14(9-10-16)13(2)3/h13-14,17H,6-12,16H2,1-5H3. The molecular formula is C15H34N2. The van der Waals surface area contributed by atoms with Crippen molar-refractivity contribution in [3.63, 3.8) is 0 Å². The van der Waals surface area contributed by atoms with Gasteiger partial charge in [-0.15, -0.1) is 0 Å². The molecule has 0 aromatic carbocycles. The zero-order valence-corrected chi connectivity index (χ0v) is 12.7.